The lowest BCUT2D eigenvalue weighted by Gasteiger charge is -2.20. The quantitative estimate of drug-likeness (QED) is 0.858. The summed E-state index contributed by atoms with van der Waals surface area (Å²) in [5.41, 5.74) is 0.595. The Hall–Kier alpha value is -1.84. The number of likely N-dealkylation sites (N-methyl/N-ethyl adjacent to an activating group) is 1. The number of rotatable bonds is 2. The highest BCUT2D eigenvalue weighted by atomic mass is 16.2. The van der Waals surface area contributed by atoms with Crippen LogP contribution in [0.15, 0.2) is 30.3 Å². The van der Waals surface area contributed by atoms with Gasteiger partial charge in [0.2, 0.25) is 5.91 Å². The lowest BCUT2D eigenvalue weighted by Crippen LogP contribution is -2.46. The van der Waals surface area contributed by atoms with Gasteiger partial charge in [-0.15, -0.1) is 0 Å². The van der Waals surface area contributed by atoms with Crippen molar-refractivity contribution in [1.82, 2.24) is 10.2 Å². The lowest BCUT2D eigenvalue weighted by molar-refractivity contribution is -0.131. The largest absolute Gasteiger partial charge is 0.344 e. The van der Waals surface area contributed by atoms with E-state index in [4.69, 9.17) is 0 Å². The van der Waals surface area contributed by atoms with Gasteiger partial charge in [-0.3, -0.25) is 9.59 Å². The Balaban J connectivity index is 2.04. The molecule has 0 bridgehead atoms. The first-order valence-corrected chi connectivity index (χ1v) is 6.29. The maximum absolute atomic E-state index is 12.0. The van der Waals surface area contributed by atoms with Crippen molar-refractivity contribution in [3.63, 3.8) is 0 Å². The van der Waals surface area contributed by atoms with Gasteiger partial charge in [-0.2, -0.15) is 0 Å². The van der Waals surface area contributed by atoms with Gasteiger partial charge in [-0.25, -0.2) is 0 Å². The van der Waals surface area contributed by atoms with Crippen LogP contribution in [0.3, 0.4) is 0 Å². The zero-order valence-corrected chi connectivity index (χ0v) is 10.6. The third-order valence-corrected chi connectivity index (χ3v) is 3.25. The van der Waals surface area contributed by atoms with E-state index < -0.39 is 0 Å². The maximum Gasteiger partial charge on any atom is 0.251 e. The number of nitrogens with zero attached hydrogens (tertiary/aromatic N) is 1. The lowest BCUT2D eigenvalue weighted by atomic mass is 10.1. The zero-order valence-electron chi connectivity index (χ0n) is 10.6. The fourth-order valence-corrected chi connectivity index (χ4v) is 2.16. The number of hydrogen-bond donors (Lipinski definition) is 1. The molecule has 0 saturated carbocycles. The van der Waals surface area contributed by atoms with Gasteiger partial charge in [0.15, 0.2) is 0 Å². The fraction of sp³-hybridized carbons (Fsp3) is 0.429. The van der Waals surface area contributed by atoms with E-state index in [-0.39, 0.29) is 17.9 Å². The molecular weight excluding hydrogens is 228 g/mol. The standard InChI is InChI=1S/C14H18N2O2/c1-16-10-6-5-9-12(14(16)18)15-13(17)11-7-3-2-4-8-11/h2-4,7-8,12H,5-6,9-10H2,1H3,(H,15,17)/t12-/m0/s1. The number of amides is 2. The van der Waals surface area contributed by atoms with Crippen molar-refractivity contribution in [1.29, 1.82) is 0 Å². The molecule has 4 heteroatoms. The van der Waals surface area contributed by atoms with Gasteiger partial charge < -0.3 is 10.2 Å². The highest BCUT2D eigenvalue weighted by Gasteiger charge is 2.26. The Morgan fingerprint density at radius 3 is 2.72 bits per heavy atom. The number of nitrogens with one attached hydrogen (secondary N) is 1. The van der Waals surface area contributed by atoms with Crippen molar-refractivity contribution >= 4 is 11.8 Å². The van der Waals surface area contributed by atoms with Crippen LogP contribution in [0.4, 0.5) is 0 Å². The molecule has 0 radical (unpaired) electrons. The minimum atomic E-state index is -0.384. The first kappa shape index (κ1) is 12.6. The second-order valence-electron chi connectivity index (χ2n) is 4.65. The van der Waals surface area contributed by atoms with Crippen LogP contribution < -0.4 is 5.32 Å². The molecule has 18 heavy (non-hydrogen) atoms. The highest BCUT2D eigenvalue weighted by molar-refractivity contribution is 5.97. The Kier molecular flexibility index (Phi) is 3.97. The molecule has 0 unspecified atom stereocenters. The smallest absolute Gasteiger partial charge is 0.251 e. The number of carbonyl (C=O) groups excluding carboxylic acids is 2. The first-order chi connectivity index (χ1) is 8.68. The van der Waals surface area contributed by atoms with Crippen LogP contribution in [-0.4, -0.2) is 36.3 Å². The van der Waals surface area contributed by atoms with Crippen molar-refractivity contribution in [3.05, 3.63) is 35.9 Å². The van der Waals surface area contributed by atoms with Crippen LogP contribution >= 0.6 is 0 Å². The van der Waals surface area contributed by atoms with E-state index in [0.717, 1.165) is 25.8 Å². The van der Waals surface area contributed by atoms with Gasteiger partial charge in [0.05, 0.1) is 0 Å². The number of benzene rings is 1. The molecule has 1 aliphatic rings. The molecule has 1 atom stereocenters. The summed E-state index contributed by atoms with van der Waals surface area (Å²) in [4.78, 5) is 25.7. The topological polar surface area (TPSA) is 49.4 Å². The molecule has 1 aliphatic heterocycles. The average molecular weight is 246 g/mol. The summed E-state index contributed by atoms with van der Waals surface area (Å²) in [6.45, 7) is 0.774. The Morgan fingerprint density at radius 1 is 1.28 bits per heavy atom. The number of carbonyl (C=O) groups is 2. The van der Waals surface area contributed by atoms with Crippen LogP contribution in [0.2, 0.25) is 0 Å². The van der Waals surface area contributed by atoms with E-state index in [1.807, 2.05) is 18.2 Å². The fourth-order valence-electron chi connectivity index (χ4n) is 2.16. The van der Waals surface area contributed by atoms with E-state index in [2.05, 4.69) is 5.32 Å². The van der Waals surface area contributed by atoms with Crippen molar-refractivity contribution < 1.29 is 9.59 Å². The van der Waals surface area contributed by atoms with Gasteiger partial charge in [-0.1, -0.05) is 18.2 Å². The molecule has 2 rings (SSSR count). The van der Waals surface area contributed by atoms with Crippen LogP contribution in [0.25, 0.3) is 0 Å². The van der Waals surface area contributed by atoms with E-state index in [9.17, 15) is 9.59 Å². The number of likely N-dealkylation sites (tertiary alicyclic amines) is 1. The summed E-state index contributed by atoms with van der Waals surface area (Å²) >= 11 is 0. The molecule has 1 fully saturated rings. The van der Waals surface area contributed by atoms with E-state index in [1.54, 1.807) is 24.1 Å². The van der Waals surface area contributed by atoms with Gasteiger partial charge in [0.1, 0.15) is 6.04 Å². The molecule has 0 spiro atoms. The average Bonchev–Trinajstić information content (AvgIpc) is 2.55. The molecular formula is C14H18N2O2. The van der Waals surface area contributed by atoms with Crippen molar-refractivity contribution in [3.8, 4) is 0 Å². The summed E-state index contributed by atoms with van der Waals surface area (Å²) in [6, 6.07) is 8.61. The molecule has 1 saturated heterocycles. The van der Waals surface area contributed by atoms with E-state index in [1.165, 1.54) is 0 Å². The predicted molar refractivity (Wildman–Crippen MR) is 69.2 cm³/mol. The SMILES string of the molecule is CN1CCCC[C@H](NC(=O)c2ccccc2)C1=O. The molecule has 0 aliphatic carbocycles. The third-order valence-electron chi connectivity index (χ3n) is 3.25. The Morgan fingerprint density at radius 2 is 2.00 bits per heavy atom. The minimum absolute atomic E-state index is 0.0109. The van der Waals surface area contributed by atoms with Gasteiger partial charge in [0, 0.05) is 19.2 Å². The molecule has 96 valence electrons. The van der Waals surface area contributed by atoms with Crippen LogP contribution in [0, 0.1) is 0 Å². The third kappa shape index (κ3) is 2.88. The van der Waals surface area contributed by atoms with Crippen LogP contribution in [0.5, 0.6) is 0 Å². The normalized spacial score (nSPS) is 20.4. The van der Waals surface area contributed by atoms with Crippen molar-refractivity contribution in [2.24, 2.45) is 0 Å². The van der Waals surface area contributed by atoms with Crippen LogP contribution in [0.1, 0.15) is 29.6 Å². The number of hydrogen-bond acceptors (Lipinski definition) is 2. The van der Waals surface area contributed by atoms with Crippen molar-refractivity contribution in [2.75, 3.05) is 13.6 Å². The molecule has 0 aromatic heterocycles. The summed E-state index contributed by atoms with van der Waals surface area (Å²) in [5.74, 6) is -0.166. The predicted octanol–water partition coefficient (Wildman–Crippen LogP) is 1.43. The summed E-state index contributed by atoms with van der Waals surface area (Å²) < 4.78 is 0. The second-order valence-corrected chi connectivity index (χ2v) is 4.65. The summed E-state index contributed by atoms with van der Waals surface area (Å²) in [7, 11) is 1.79. The minimum Gasteiger partial charge on any atom is -0.344 e. The first-order valence-electron chi connectivity index (χ1n) is 6.29. The maximum atomic E-state index is 12.0. The Labute approximate surface area is 107 Å². The highest BCUT2D eigenvalue weighted by Crippen LogP contribution is 2.11. The van der Waals surface area contributed by atoms with Gasteiger partial charge in [-0.05, 0) is 31.4 Å². The molecule has 1 aromatic carbocycles. The zero-order chi connectivity index (χ0) is 13.0. The molecule has 1 aromatic rings. The van der Waals surface area contributed by atoms with Gasteiger partial charge in [0.25, 0.3) is 5.91 Å². The molecule has 4 nitrogen and oxygen atoms in total. The second kappa shape index (κ2) is 5.67. The van der Waals surface area contributed by atoms with E-state index >= 15 is 0 Å². The molecule has 1 heterocycles. The molecule has 2 amide bonds. The van der Waals surface area contributed by atoms with Crippen molar-refractivity contribution in [2.45, 2.75) is 25.3 Å². The summed E-state index contributed by atoms with van der Waals surface area (Å²) in [6.07, 6.45) is 2.69. The summed E-state index contributed by atoms with van der Waals surface area (Å²) in [5, 5.41) is 2.83. The van der Waals surface area contributed by atoms with Crippen LogP contribution in [-0.2, 0) is 4.79 Å². The monoisotopic (exact) mass is 246 g/mol. The Bertz CT molecular complexity index is 431. The van der Waals surface area contributed by atoms with Gasteiger partial charge >= 0.3 is 0 Å². The van der Waals surface area contributed by atoms with E-state index in [0.29, 0.717) is 5.56 Å². The molecule has 1 N–H and O–H groups in total.